The van der Waals surface area contributed by atoms with E-state index in [-0.39, 0.29) is 40.9 Å². The summed E-state index contributed by atoms with van der Waals surface area (Å²) >= 11 is 0. The predicted molar refractivity (Wildman–Crippen MR) is 146 cm³/mol. The number of nitrogens with two attached hydrogens (primary N) is 1. The molecular formula is C31H23F8N5O2. The molecule has 0 aliphatic heterocycles. The number of benzene rings is 2. The molecule has 2 aromatic heterocycles. The molecule has 6 rings (SSSR count). The van der Waals surface area contributed by atoms with Crippen LogP contribution in [0.3, 0.4) is 0 Å². The van der Waals surface area contributed by atoms with Gasteiger partial charge in [-0.25, -0.2) is 22.0 Å². The molecule has 2 amide bonds. The zero-order valence-electron chi connectivity index (χ0n) is 23.4. The number of fused-ring (bicyclic) bond motifs is 3. The third-order valence-corrected chi connectivity index (χ3v) is 8.40. The Bertz CT molecular complexity index is 1840. The van der Waals surface area contributed by atoms with Crippen molar-refractivity contribution in [2.24, 2.45) is 17.6 Å². The second-order valence-electron chi connectivity index (χ2n) is 11.4. The van der Waals surface area contributed by atoms with Crippen molar-refractivity contribution in [3.8, 4) is 11.1 Å². The number of rotatable bonds is 8. The zero-order chi connectivity index (χ0) is 33.1. The van der Waals surface area contributed by atoms with Gasteiger partial charge in [-0.2, -0.15) is 18.3 Å². The Labute approximate surface area is 255 Å². The highest BCUT2D eigenvalue weighted by Crippen LogP contribution is 2.65. The van der Waals surface area contributed by atoms with Crippen LogP contribution >= 0.6 is 0 Å². The minimum atomic E-state index is -5.16. The van der Waals surface area contributed by atoms with Crippen LogP contribution in [-0.4, -0.2) is 27.0 Å². The van der Waals surface area contributed by atoms with Gasteiger partial charge in [-0.1, -0.05) is 12.1 Å². The van der Waals surface area contributed by atoms with Crippen molar-refractivity contribution in [2.75, 3.05) is 0 Å². The highest BCUT2D eigenvalue weighted by atomic mass is 19.4. The molecule has 2 aromatic carbocycles. The summed E-state index contributed by atoms with van der Waals surface area (Å²) in [5, 5.41) is 7.80. The van der Waals surface area contributed by atoms with Gasteiger partial charge in [0, 0.05) is 41.8 Å². The number of H-pyrrole nitrogens is 1. The summed E-state index contributed by atoms with van der Waals surface area (Å²) in [5.74, 6) is -12.1. The van der Waals surface area contributed by atoms with Crippen LogP contribution in [0.15, 0.2) is 54.7 Å². The van der Waals surface area contributed by atoms with E-state index in [1.54, 1.807) is 0 Å². The van der Waals surface area contributed by atoms with Gasteiger partial charge in [0.05, 0.1) is 22.9 Å². The second-order valence-corrected chi connectivity index (χ2v) is 11.4. The molecule has 7 nitrogen and oxygen atoms in total. The van der Waals surface area contributed by atoms with Gasteiger partial charge in [0.1, 0.15) is 17.5 Å². The lowest BCUT2D eigenvalue weighted by Crippen LogP contribution is -2.39. The van der Waals surface area contributed by atoms with Crippen LogP contribution in [0, 0.1) is 29.3 Å². The van der Waals surface area contributed by atoms with Crippen LogP contribution in [0.25, 0.3) is 11.1 Å². The van der Waals surface area contributed by atoms with E-state index in [1.807, 2.05) is 0 Å². The first-order chi connectivity index (χ1) is 21.6. The fourth-order valence-electron chi connectivity index (χ4n) is 6.35. The number of aromatic amines is 1. The fourth-order valence-corrected chi connectivity index (χ4v) is 6.35. The van der Waals surface area contributed by atoms with Crippen LogP contribution < -0.4 is 11.1 Å². The van der Waals surface area contributed by atoms with E-state index in [0.717, 1.165) is 24.3 Å². The molecule has 1 fully saturated rings. The third kappa shape index (κ3) is 5.69. The van der Waals surface area contributed by atoms with Crippen molar-refractivity contribution >= 4 is 11.8 Å². The highest BCUT2D eigenvalue weighted by Gasteiger charge is 2.65. The van der Waals surface area contributed by atoms with Crippen LogP contribution in [0.4, 0.5) is 35.1 Å². The number of carbonyl (C=O) groups excluding carboxylic acids is 2. The normalized spacial score (nSPS) is 20.4. The third-order valence-electron chi connectivity index (χ3n) is 8.40. The maximum Gasteiger partial charge on any atom is 0.435 e. The van der Waals surface area contributed by atoms with E-state index >= 15 is 8.78 Å². The molecule has 0 spiro atoms. The fraction of sp³-hybridized carbons (Fsp3) is 0.290. The van der Waals surface area contributed by atoms with Gasteiger partial charge in [0.25, 0.3) is 11.8 Å². The van der Waals surface area contributed by atoms with Gasteiger partial charge in [0.2, 0.25) is 5.91 Å². The molecule has 2 aliphatic carbocycles. The quantitative estimate of drug-likeness (QED) is 0.194. The summed E-state index contributed by atoms with van der Waals surface area (Å²) in [7, 11) is 0. The highest BCUT2D eigenvalue weighted by molar-refractivity contribution is 5.94. The van der Waals surface area contributed by atoms with E-state index in [1.165, 1.54) is 24.4 Å². The van der Waals surface area contributed by atoms with Crippen molar-refractivity contribution in [1.82, 2.24) is 20.5 Å². The van der Waals surface area contributed by atoms with Gasteiger partial charge in [0.15, 0.2) is 5.69 Å². The molecule has 240 valence electrons. The van der Waals surface area contributed by atoms with Gasteiger partial charge in [-0.05, 0) is 60.2 Å². The molecule has 46 heavy (non-hydrogen) atoms. The molecule has 4 aromatic rings. The number of nitrogens with one attached hydrogen (secondary N) is 2. The van der Waals surface area contributed by atoms with Gasteiger partial charge in [-0.3, -0.25) is 19.7 Å². The van der Waals surface area contributed by atoms with Gasteiger partial charge in [-0.15, -0.1) is 0 Å². The lowest BCUT2D eigenvalue weighted by atomic mass is 9.80. The topological polar surface area (TPSA) is 114 Å². The lowest BCUT2D eigenvalue weighted by molar-refractivity contribution is -0.151. The summed E-state index contributed by atoms with van der Waals surface area (Å²) in [4.78, 5) is 29.6. The van der Waals surface area contributed by atoms with E-state index in [2.05, 4.69) is 20.5 Å². The number of aromatic nitrogens is 3. The Kier molecular flexibility index (Phi) is 7.60. The number of halogens is 8. The number of hydrogen-bond donors (Lipinski definition) is 3. The molecule has 2 heterocycles. The molecule has 3 unspecified atom stereocenters. The summed E-state index contributed by atoms with van der Waals surface area (Å²) in [6.07, 6.45) is -4.88. The Morgan fingerprint density at radius 1 is 1.07 bits per heavy atom. The van der Waals surface area contributed by atoms with Gasteiger partial charge >= 0.3 is 6.18 Å². The number of alkyl halides is 5. The zero-order valence-corrected chi connectivity index (χ0v) is 23.4. The first-order valence-corrected chi connectivity index (χ1v) is 14.0. The van der Waals surface area contributed by atoms with Crippen LogP contribution in [0.5, 0.6) is 0 Å². The smallest absolute Gasteiger partial charge is 0.366 e. The second kappa shape index (κ2) is 11.2. The monoisotopic (exact) mass is 649 g/mol. The maximum atomic E-state index is 15.7. The minimum Gasteiger partial charge on any atom is -0.366 e. The summed E-state index contributed by atoms with van der Waals surface area (Å²) in [6, 6.07) is 7.83. The van der Waals surface area contributed by atoms with Crippen molar-refractivity contribution in [2.45, 2.75) is 43.3 Å². The molecule has 1 saturated carbocycles. The van der Waals surface area contributed by atoms with Crippen molar-refractivity contribution < 1.29 is 44.7 Å². The SMILES string of the molecule is NC(=O)c1cc(-c2cccnc2[C@H](Cc2cc(F)cc(F)c2)NC(=O)CC2C3CC3c3[nH]nc(C(F)(F)F)c3C2(F)F)ccc1F. The molecule has 15 heteroatoms. The molecular weight excluding hydrogens is 626 g/mol. The Morgan fingerprint density at radius 3 is 2.46 bits per heavy atom. The summed E-state index contributed by atoms with van der Waals surface area (Å²) < 4.78 is 115. The summed E-state index contributed by atoms with van der Waals surface area (Å²) in [5.41, 5.74) is 2.14. The summed E-state index contributed by atoms with van der Waals surface area (Å²) in [6.45, 7) is 0. The Hall–Kier alpha value is -4.82. The van der Waals surface area contributed by atoms with Crippen molar-refractivity contribution in [3.63, 3.8) is 0 Å². The Morgan fingerprint density at radius 2 is 1.78 bits per heavy atom. The number of nitrogens with zero attached hydrogens (tertiary/aromatic N) is 2. The number of hydrogen-bond acceptors (Lipinski definition) is 4. The van der Waals surface area contributed by atoms with E-state index in [4.69, 9.17) is 5.73 Å². The predicted octanol–water partition coefficient (Wildman–Crippen LogP) is 6.32. The minimum absolute atomic E-state index is 0.0550. The first-order valence-electron chi connectivity index (χ1n) is 14.0. The largest absolute Gasteiger partial charge is 0.435 e. The Balaban J connectivity index is 1.35. The van der Waals surface area contributed by atoms with E-state index in [0.29, 0.717) is 6.07 Å². The molecule has 2 aliphatic rings. The first kappa shape index (κ1) is 31.2. The number of pyridine rings is 1. The standard InChI is InChI=1S/C31H23F8N5O2/c32-15-6-13(7-16(33)10-15)8-23(26-17(2-1-5-41-26)14-3-4-22(34)20(9-14)29(40)46)42-24(45)12-21-18-11-19(18)27-25(30(21,35)36)28(44-43-27)31(37,38)39/h1-7,9-10,18-19,21,23H,8,11-12H2,(H2,40,46)(H,42,45)(H,43,44)/t18?,19?,21?,23-/m0/s1. The van der Waals surface area contributed by atoms with Gasteiger partial charge < -0.3 is 11.1 Å². The maximum absolute atomic E-state index is 15.7. The van der Waals surface area contributed by atoms with E-state index < -0.39 is 88.4 Å². The molecule has 0 saturated heterocycles. The van der Waals surface area contributed by atoms with Crippen LogP contribution in [0.1, 0.15) is 63.4 Å². The van der Waals surface area contributed by atoms with Crippen molar-refractivity contribution in [3.05, 3.63) is 106 Å². The van der Waals surface area contributed by atoms with Crippen molar-refractivity contribution in [1.29, 1.82) is 0 Å². The molecule has 0 bridgehead atoms. The average molecular weight is 650 g/mol. The molecule has 4 N–H and O–H groups in total. The molecule has 4 atom stereocenters. The number of amides is 2. The average Bonchev–Trinajstić information content (AvgIpc) is 3.61. The lowest BCUT2D eigenvalue weighted by Gasteiger charge is -2.32. The number of carbonyl (C=O) groups is 2. The van der Waals surface area contributed by atoms with Crippen LogP contribution in [-0.2, 0) is 23.3 Å². The van der Waals surface area contributed by atoms with E-state index in [9.17, 15) is 35.9 Å². The van der Waals surface area contributed by atoms with Crippen LogP contribution in [0.2, 0.25) is 0 Å². The molecule has 0 radical (unpaired) electrons. The number of primary amides is 1.